The number of ether oxygens (including phenoxy) is 1. The third-order valence-electron chi connectivity index (χ3n) is 4.52. The largest absolute Gasteiger partial charge is 0.497 e. The first kappa shape index (κ1) is 16.8. The summed E-state index contributed by atoms with van der Waals surface area (Å²) >= 11 is 0. The quantitative estimate of drug-likeness (QED) is 0.606. The molecule has 0 spiro atoms. The molecular formula is C21H18N3O3+. The molecule has 2 N–H and O–H groups in total. The Morgan fingerprint density at radius 3 is 2.44 bits per heavy atom. The number of benzene rings is 2. The minimum atomic E-state index is -0.445. The van der Waals surface area contributed by atoms with Gasteiger partial charge in [-0.1, -0.05) is 42.5 Å². The summed E-state index contributed by atoms with van der Waals surface area (Å²) in [5.41, 5.74) is 2.21. The number of rotatable bonds is 4. The number of hydrogen-bond donors (Lipinski definition) is 1. The molecule has 2 heterocycles. The predicted molar refractivity (Wildman–Crippen MR) is 103 cm³/mol. The molecule has 2 aromatic heterocycles. The maximum absolute atomic E-state index is 12.6. The molecule has 4 aromatic rings. The van der Waals surface area contributed by atoms with Gasteiger partial charge in [-0.2, -0.15) is 4.57 Å². The van der Waals surface area contributed by atoms with Crippen LogP contribution in [0.15, 0.2) is 76.4 Å². The topological polar surface area (TPSA) is 78.2 Å². The van der Waals surface area contributed by atoms with Crippen LogP contribution < -0.4 is 21.0 Å². The number of nitrogens with one attached hydrogen (secondary N) is 2. The number of nitrogens with zero attached hydrogens (tertiary/aromatic N) is 1. The molecule has 0 unspecified atom stereocenters. The Kier molecular flexibility index (Phi) is 4.30. The van der Waals surface area contributed by atoms with Gasteiger partial charge in [-0.3, -0.25) is 9.78 Å². The van der Waals surface area contributed by atoms with E-state index in [1.165, 1.54) is 0 Å². The van der Waals surface area contributed by atoms with Crippen LogP contribution in [-0.4, -0.2) is 16.7 Å². The van der Waals surface area contributed by atoms with E-state index in [9.17, 15) is 9.59 Å². The molecule has 27 heavy (non-hydrogen) atoms. The molecule has 0 saturated heterocycles. The minimum Gasteiger partial charge on any atom is -0.497 e. The summed E-state index contributed by atoms with van der Waals surface area (Å²) in [5.74, 6) is 0.737. The maximum Gasteiger partial charge on any atom is 0.416 e. The van der Waals surface area contributed by atoms with Crippen LogP contribution in [0, 0.1) is 0 Å². The molecule has 0 aliphatic heterocycles. The second-order valence-electron chi connectivity index (χ2n) is 6.17. The van der Waals surface area contributed by atoms with Crippen molar-refractivity contribution in [2.24, 2.45) is 0 Å². The van der Waals surface area contributed by atoms with E-state index in [0.717, 1.165) is 22.4 Å². The van der Waals surface area contributed by atoms with Gasteiger partial charge in [-0.15, -0.1) is 0 Å². The van der Waals surface area contributed by atoms with E-state index in [1.54, 1.807) is 17.9 Å². The number of aromatic amines is 2. The van der Waals surface area contributed by atoms with Crippen molar-refractivity contribution in [3.63, 3.8) is 0 Å². The molecule has 0 aliphatic carbocycles. The van der Waals surface area contributed by atoms with Crippen LogP contribution in [0.25, 0.3) is 22.2 Å². The summed E-state index contributed by atoms with van der Waals surface area (Å²) in [6, 6.07) is 18.9. The van der Waals surface area contributed by atoms with Gasteiger partial charge >= 0.3 is 5.69 Å². The molecular weight excluding hydrogens is 342 g/mol. The van der Waals surface area contributed by atoms with E-state index in [-0.39, 0.29) is 0 Å². The van der Waals surface area contributed by atoms with Crippen molar-refractivity contribution in [3.05, 3.63) is 93.3 Å². The summed E-state index contributed by atoms with van der Waals surface area (Å²) in [4.78, 5) is 30.6. The van der Waals surface area contributed by atoms with Gasteiger partial charge in [0.25, 0.3) is 11.2 Å². The van der Waals surface area contributed by atoms with Gasteiger partial charge in [-0.25, -0.2) is 9.78 Å². The predicted octanol–water partition coefficient (Wildman–Crippen LogP) is 2.23. The van der Waals surface area contributed by atoms with Crippen molar-refractivity contribution in [2.75, 3.05) is 7.11 Å². The van der Waals surface area contributed by atoms with Gasteiger partial charge in [-0.05, 0) is 29.3 Å². The lowest BCUT2D eigenvalue weighted by Gasteiger charge is -2.07. The molecule has 0 fully saturated rings. The fraction of sp³-hybridized carbons (Fsp3) is 0.0952. The Balaban J connectivity index is 1.94. The van der Waals surface area contributed by atoms with Crippen LogP contribution in [0.5, 0.6) is 5.75 Å². The zero-order valence-electron chi connectivity index (χ0n) is 14.7. The highest BCUT2D eigenvalue weighted by atomic mass is 16.5. The highest BCUT2D eigenvalue weighted by Crippen LogP contribution is 2.25. The zero-order chi connectivity index (χ0) is 18.8. The van der Waals surface area contributed by atoms with E-state index < -0.39 is 11.2 Å². The van der Waals surface area contributed by atoms with Gasteiger partial charge < -0.3 is 4.74 Å². The standard InChI is InChI=1S/C21H17N3O3/c1-27-16-9-7-15(8-10-16)17-11-12-22-19-18(17)20(25)23-21(26)24(19)13-14-5-3-2-4-6-14/h2-12H,13H2,1H3,(H,23,25,26)/p+1. The van der Waals surface area contributed by atoms with Crippen LogP contribution in [0.2, 0.25) is 0 Å². The first-order chi connectivity index (χ1) is 13.2. The Morgan fingerprint density at radius 1 is 1.00 bits per heavy atom. The molecule has 6 nitrogen and oxygen atoms in total. The Hall–Kier alpha value is -3.67. The maximum atomic E-state index is 12.6. The van der Waals surface area contributed by atoms with Crippen molar-refractivity contribution in [1.82, 2.24) is 9.55 Å². The van der Waals surface area contributed by atoms with E-state index in [2.05, 4.69) is 9.97 Å². The molecule has 134 valence electrons. The highest BCUT2D eigenvalue weighted by Gasteiger charge is 2.19. The summed E-state index contributed by atoms with van der Waals surface area (Å²) in [7, 11) is 1.61. The van der Waals surface area contributed by atoms with Gasteiger partial charge in [0.2, 0.25) is 0 Å². The Bertz CT molecular complexity index is 1210. The van der Waals surface area contributed by atoms with Crippen LogP contribution in [0.4, 0.5) is 0 Å². The van der Waals surface area contributed by atoms with Gasteiger partial charge in [0.05, 0.1) is 13.3 Å². The molecule has 0 bridgehead atoms. The lowest BCUT2D eigenvalue weighted by molar-refractivity contribution is -0.349. The number of fused-ring (bicyclic) bond motifs is 1. The molecule has 0 amide bonds. The third-order valence-corrected chi connectivity index (χ3v) is 4.52. The van der Waals surface area contributed by atoms with Crippen molar-refractivity contribution in [1.29, 1.82) is 0 Å². The van der Waals surface area contributed by atoms with Gasteiger partial charge in [0, 0.05) is 5.56 Å². The molecule has 0 radical (unpaired) electrons. The van der Waals surface area contributed by atoms with Crippen molar-refractivity contribution in [2.45, 2.75) is 6.54 Å². The number of H-pyrrole nitrogens is 2. The summed E-state index contributed by atoms with van der Waals surface area (Å²) in [5, 5.41) is 0.443. The molecule has 6 heteroatoms. The first-order valence-electron chi connectivity index (χ1n) is 8.53. The summed E-state index contributed by atoms with van der Waals surface area (Å²) in [6.45, 7) is 0.357. The summed E-state index contributed by atoms with van der Waals surface area (Å²) < 4.78 is 6.74. The minimum absolute atomic E-state index is 0.357. The number of pyridine rings is 1. The molecule has 0 atom stereocenters. The average molecular weight is 360 g/mol. The molecule has 0 saturated carbocycles. The number of aromatic nitrogens is 3. The number of methoxy groups -OCH3 is 1. The van der Waals surface area contributed by atoms with Crippen LogP contribution in [-0.2, 0) is 6.54 Å². The smallest absolute Gasteiger partial charge is 0.416 e. The molecule has 2 aromatic carbocycles. The lowest BCUT2D eigenvalue weighted by atomic mass is 10.0. The molecule has 4 rings (SSSR count). The van der Waals surface area contributed by atoms with E-state index in [1.807, 2.05) is 60.7 Å². The van der Waals surface area contributed by atoms with Gasteiger partial charge in [0.15, 0.2) is 0 Å². The SMILES string of the molecule is COc1ccc(-c2cc[nH+]c3c2c(=O)[nH]c(=O)n3Cc2ccccc2)cc1. The molecule has 0 aliphatic rings. The van der Waals surface area contributed by atoms with Crippen molar-refractivity contribution < 1.29 is 9.72 Å². The second kappa shape index (κ2) is 6.92. The first-order valence-corrected chi connectivity index (χ1v) is 8.53. The van der Waals surface area contributed by atoms with Crippen molar-refractivity contribution >= 4 is 11.0 Å². The van der Waals surface area contributed by atoms with Crippen molar-refractivity contribution in [3.8, 4) is 16.9 Å². The van der Waals surface area contributed by atoms with E-state index in [4.69, 9.17) is 4.74 Å². The Morgan fingerprint density at radius 2 is 1.74 bits per heavy atom. The van der Waals surface area contributed by atoms with Crippen LogP contribution >= 0.6 is 0 Å². The monoisotopic (exact) mass is 360 g/mol. The fourth-order valence-electron chi connectivity index (χ4n) is 3.19. The van der Waals surface area contributed by atoms with Crippen LogP contribution in [0.3, 0.4) is 0 Å². The van der Waals surface area contributed by atoms with Gasteiger partial charge in [0.1, 0.15) is 17.7 Å². The van der Waals surface area contributed by atoms with E-state index in [0.29, 0.717) is 17.6 Å². The fourth-order valence-corrected chi connectivity index (χ4v) is 3.19. The Labute approximate surface area is 154 Å². The lowest BCUT2D eigenvalue weighted by Crippen LogP contribution is -2.34. The normalized spacial score (nSPS) is 10.9. The van der Waals surface area contributed by atoms with E-state index >= 15 is 0 Å². The second-order valence-corrected chi connectivity index (χ2v) is 6.17. The zero-order valence-corrected chi connectivity index (χ0v) is 14.7. The third kappa shape index (κ3) is 3.13. The number of hydrogen-bond acceptors (Lipinski definition) is 3. The summed E-state index contributed by atoms with van der Waals surface area (Å²) in [6.07, 6.45) is 1.74. The highest BCUT2D eigenvalue weighted by molar-refractivity contribution is 5.90. The average Bonchev–Trinajstić information content (AvgIpc) is 2.71. The van der Waals surface area contributed by atoms with Crippen LogP contribution in [0.1, 0.15) is 5.56 Å².